The molecule has 0 aliphatic carbocycles. The van der Waals surface area contributed by atoms with E-state index in [4.69, 9.17) is 0 Å². The summed E-state index contributed by atoms with van der Waals surface area (Å²) in [4.78, 5) is 29.3. The molecule has 0 aliphatic heterocycles. The van der Waals surface area contributed by atoms with Crippen LogP contribution in [-0.2, 0) is 4.79 Å². The summed E-state index contributed by atoms with van der Waals surface area (Å²) in [6.45, 7) is 5.77. The maximum atomic E-state index is 12.1. The van der Waals surface area contributed by atoms with Gasteiger partial charge in [0.2, 0.25) is 5.91 Å². The third-order valence-corrected chi connectivity index (χ3v) is 4.29. The lowest BCUT2D eigenvalue weighted by Gasteiger charge is -2.04. The molecule has 5 heteroatoms. The lowest BCUT2D eigenvalue weighted by molar-refractivity contribution is -0.116. The molecule has 0 saturated heterocycles. The number of aromatic nitrogens is 1. The first-order chi connectivity index (χ1) is 9.97. The number of benzene rings is 1. The Morgan fingerprint density at radius 2 is 1.86 bits per heavy atom. The second-order valence-electron chi connectivity index (χ2n) is 4.95. The van der Waals surface area contributed by atoms with Crippen molar-refractivity contribution in [2.45, 2.75) is 33.6 Å². The summed E-state index contributed by atoms with van der Waals surface area (Å²) >= 11 is 1.45. The largest absolute Gasteiger partial charge is 0.302 e. The number of hydrogen-bond acceptors (Lipinski definition) is 4. The van der Waals surface area contributed by atoms with E-state index >= 15 is 0 Å². The van der Waals surface area contributed by atoms with E-state index in [9.17, 15) is 9.59 Å². The number of hydrogen-bond donors (Lipinski definition) is 1. The van der Waals surface area contributed by atoms with E-state index in [0.717, 1.165) is 16.1 Å². The molecule has 1 aromatic carbocycles. The molecule has 2 rings (SSSR count). The standard InChI is InChI=1S/C16H18N2O2S/c1-10-6-4-5-7-13(10)14(19)8-9-15(20)18-16-17-11(2)12(3)21-16/h4-7H,8-9H2,1-3H3,(H,17,18,20). The Morgan fingerprint density at radius 3 is 2.48 bits per heavy atom. The van der Waals surface area contributed by atoms with Crippen LogP contribution in [0.15, 0.2) is 24.3 Å². The monoisotopic (exact) mass is 302 g/mol. The number of nitrogens with zero attached hydrogens (tertiary/aromatic N) is 1. The highest BCUT2D eigenvalue weighted by Crippen LogP contribution is 2.21. The van der Waals surface area contributed by atoms with Gasteiger partial charge in [-0.15, -0.1) is 11.3 Å². The van der Waals surface area contributed by atoms with Crippen LogP contribution in [0.3, 0.4) is 0 Å². The molecule has 1 heterocycles. The second-order valence-corrected chi connectivity index (χ2v) is 6.15. The second kappa shape index (κ2) is 6.63. The first kappa shape index (κ1) is 15.4. The lowest BCUT2D eigenvalue weighted by Crippen LogP contribution is -2.13. The smallest absolute Gasteiger partial charge is 0.226 e. The van der Waals surface area contributed by atoms with E-state index in [2.05, 4.69) is 10.3 Å². The van der Waals surface area contributed by atoms with E-state index in [1.165, 1.54) is 11.3 Å². The maximum absolute atomic E-state index is 12.1. The fraction of sp³-hybridized carbons (Fsp3) is 0.312. The molecule has 0 unspecified atom stereocenters. The topological polar surface area (TPSA) is 59.1 Å². The van der Waals surface area contributed by atoms with Crippen molar-refractivity contribution in [2.75, 3.05) is 5.32 Å². The van der Waals surface area contributed by atoms with E-state index in [0.29, 0.717) is 10.7 Å². The normalized spacial score (nSPS) is 10.4. The fourth-order valence-corrected chi connectivity index (χ4v) is 2.79. The summed E-state index contributed by atoms with van der Waals surface area (Å²) in [6.07, 6.45) is 0.380. The first-order valence-corrected chi connectivity index (χ1v) is 7.61. The van der Waals surface area contributed by atoms with Gasteiger partial charge in [0.15, 0.2) is 10.9 Å². The summed E-state index contributed by atoms with van der Waals surface area (Å²) < 4.78 is 0. The van der Waals surface area contributed by atoms with Gasteiger partial charge in [-0.3, -0.25) is 9.59 Å². The van der Waals surface area contributed by atoms with Gasteiger partial charge in [-0.25, -0.2) is 4.98 Å². The van der Waals surface area contributed by atoms with E-state index in [1.807, 2.05) is 39.0 Å². The van der Waals surface area contributed by atoms with Gasteiger partial charge in [0.25, 0.3) is 0 Å². The van der Waals surface area contributed by atoms with Crippen LogP contribution < -0.4 is 5.32 Å². The Kier molecular flexibility index (Phi) is 4.85. The number of rotatable bonds is 5. The molecule has 0 fully saturated rings. The van der Waals surface area contributed by atoms with Gasteiger partial charge >= 0.3 is 0 Å². The van der Waals surface area contributed by atoms with E-state index < -0.39 is 0 Å². The van der Waals surface area contributed by atoms with Gasteiger partial charge < -0.3 is 5.32 Å². The molecule has 21 heavy (non-hydrogen) atoms. The lowest BCUT2D eigenvalue weighted by atomic mass is 10.0. The SMILES string of the molecule is Cc1ccccc1C(=O)CCC(=O)Nc1nc(C)c(C)s1. The molecule has 0 saturated carbocycles. The van der Waals surface area contributed by atoms with Gasteiger partial charge in [-0.1, -0.05) is 24.3 Å². The first-order valence-electron chi connectivity index (χ1n) is 6.80. The average molecular weight is 302 g/mol. The Hall–Kier alpha value is -2.01. The average Bonchev–Trinajstić information content (AvgIpc) is 2.75. The van der Waals surface area contributed by atoms with Crippen LogP contribution in [0.1, 0.15) is 39.3 Å². The number of nitrogens with one attached hydrogen (secondary N) is 1. The van der Waals surface area contributed by atoms with Crippen LogP contribution in [0.2, 0.25) is 0 Å². The molecule has 0 bridgehead atoms. The number of amides is 1. The van der Waals surface area contributed by atoms with Crippen molar-refractivity contribution < 1.29 is 9.59 Å². The molecule has 0 radical (unpaired) electrons. The molecule has 4 nitrogen and oxygen atoms in total. The summed E-state index contributed by atoms with van der Waals surface area (Å²) in [5.41, 5.74) is 2.55. The minimum absolute atomic E-state index is 0.00486. The number of carbonyl (C=O) groups is 2. The number of thiazole rings is 1. The summed E-state index contributed by atoms with van der Waals surface area (Å²) in [6, 6.07) is 7.42. The Labute approximate surface area is 128 Å². The molecule has 1 amide bonds. The van der Waals surface area contributed by atoms with Crippen molar-refractivity contribution in [1.82, 2.24) is 4.98 Å². The van der Waals surface area contributed by atoms with Crippen molar-refractivity contribution in [2.24, 2.45) is 0 Å². The van der Waals surface area contributed by atoms with Gasteiger partial charge in [0.05, 0.1) is 5.69 Å². The van der Waals surface area contributed by atoms with Crippen molar-refractivity contribution in [3.8, 4) is 0 Å². The summed E-state index contributed by atoms with van der Waals surface area (Å²) in [7, 11) is 0. The van der Waals surface area contributed by atoms with Crippen molar-refractivity contribution in [3.05, 3.63) is 46.0 Å². The van der Waals surface area contributed by atoms with Crippen LogP contribution in [-0.4, -0.2) is 16.7 Å². The molecule has 2 aromatic rings. The predicted molar refractivity (Wildman–Crippen MR) is 85.0 cm³/mol. The van der Waals surface area contributed by atoms with Crippen molar-refractivity contribution >= 4 is 28.2 Å². The fourth-order valence-electron chi connectivity index (χ4n) is 1.96. The molecule has 0 aliphatic rings. The van der Waals surface area contributed by atoms with E-state index in [1.54, 1.807) is 6.07 Å². The highest BCUT2D eigenvalue weighted by Gasteiger charge is 2.12. The number of anilines is 1. The quantitative estimate of drug-likeness (QED) is 0.857. The predicted octanol–water partition coefficient (Wildman–Crippen LogP) is 3.67. The molecule has 0 spiro atoms. The van der Waals surface area contributed by atoms with Crippen LogP contribution in [0.5, 0.6) is 0 Å². The summed E-state index contributed by atoms with van der Waals surface area (Å²) in [5, 5.41) is 3.34. The number of Topliss-reactive ketones (excluding diaryl/α,β-unsaturated/α-hetero) is 1. The van der Waals surface area contributed by atoms with Gasteiger partial charge in [-0.2, -0.15) is 0 Å². The Balaban J connectivity index is 1.89. The van der Waals surface area contributed by atoms with Crippen LogP contribution in [0.25, 0.3) is 0 Å². The number of ketones is 1. The zero-order chi connectivity index (χ0) is 15.4. The van der Waals surface area contributed by atoms with E-state index in [-0.39, 0.29) is 24.5 Å². The zero-order valence-electron chi connectivity index (χ0n) is 12.4. The highest BCUT2D eigenvalue weighted by atomic mass is 32.1. The molecule has 0 atom stereocenters. The molecule has 1 aromatic heterocycles. The third kappa shape index (κ3) is 3.98. The van der Waals surface area contributed by atoms with Gasteiger partial charge in [0, 0.05) is 23.3 Å². The van der Waals surface area contributed by atoms with Gasteiger partial charge in [0.1, 0.15) is 0 Å². The Morgan fingerprint density at radius 1 is 1.14 bits per heavy atom. The Bertz CT molecular complexity index is 657. The minimum Gasteiger partial charge on any atom is -0.302 e. The molecular weight excluding hydrogens is 284 g/mol. The van der Waals surface area contributed by atoms with Crippen LogP contribution >= 0.6 is 11.3 Å². The minimum atomic E-state index is -0.175. The molecule has 110 valence electrons. The maximum Gasteiger partial charge on any atom is 0.226 e. The van der Waals surface area contributed by atoms with Crippen LogP contribution in [0.4, 0.5) is 5.13 Å². The molecular formula is C16H18N2O2S. The van der Waals surface area contributed by atoms with Gasteiger partial charge in [-0.05, 0) is 26.3 Å². The third-order valence-electron chi connectivity index (χ3n) is 3.30. The number of carbonyl (C=O) groups excluding carboxylic acids is 2. The zero-order valence-corrected chi connectivity index (χ0v) is 13.2. The summed E-state index contributed by atoms with van der Waals surface area (Å²) in [5.74, 6) is -0.180. The van der Waals surface area contributed by atoms with Crippen molar-refractivity contribution in [1.29, 1.82) is 0 Å². The number of aryl methyl sites for hydroxylation is 3. The molecule has 1 N–H and O–H groups in total. The highest BCUT2D eigenvalue weighted by molar-refractivity contribution is 7.15. The van der Waals surface area contributed by atoms with Crippen LogP contribution in [0, 0.1) is 20.8 Å². The van der Waals surface area contributed by atoms with Crippen molar-refractivity contribution in [3.63, 3.8) is 0 Å².